The van der Waals surface area contributed by atoms with Crippen molar-refractivity contribution in [1.82, 2.24) is 4.90 Å². The molecule has 1 saturated heterocycles. The molecule has 0 spiro atoms. The van der Waals surface area contributed by atoms with Gasteiger partial charge in [-0.3, -0.25) is 0 Å². The van der Waals surface area contributed by atoms with E-state index in [0.29, 0.717) is 29.6 Å². The summed E-state index contributed by atoms with van der Waals surface area (Å²) in [5, 5.41) is 4.51. The van der Waals surface area contributed by atoms with E-state index in [1.54, 1.807) is 57.6 Å². The zero-order chi connectivity index (χ0) is 28.9. The standard InChI is InChI=1S/C31H38N2O6S/c1-7-8-9-12-20(2)33(19-23-17-21-13-10-11-14-26(21)40-23)28(27-29(34)38-31(3,4)39-30(27)35)32-24-16-15-22(36-5)18-25(24)37-6/h10-11,13-18,20,32H,7-9,12,19H2,1-6H3. The van der Waals surface area contributed by atoms with Gasteiger partial charge < -0.3 is 29.2 Å². The molecular weight excluding hydrogens is 528 g/mol. The number of cyclic esters (lactones) is 2. The number of esters is 2. The van der Waals surface area contributed by atoms with Gasteiger partial charge in [0, 0.05) is 35.5 Å². The van der Waals surface area contributed by atoms with Crippen LogP contribution in [0, 0.1) is 0 Å². The molecule has 4 rings (SSSR count). The SMILES string of the molecule is CCCCCC(C)N(Cc1cc2ccccc2s1)C(Nc1ccc(OC)cc1OC)=C1C(=O)OC(C)(C)OC1=O. The highest BCUT2D eigenvalue weighted by molar-refractivity contribution is 7.19. The van der Waals surface area contributed by atoms with E-state index in [4.69, 9.17) is 18.9 Å². The second kappa shape index (κ2) is 12.6. The van der Waals surface area contributed by atoms with Crippen LogP contribution in [0.1, 0.15) is 58.3 Å². The van der Waals surface area contributed by atoms with Gasteiger partial charge in [0.05, 0.1) is 26.5 Å². The first-order valence-corrected chi connectivity index (χ1v) is 14.4. The molecule has 1 aliphatic rings. The van der Waals surface area contributed by atoms with Gasteiger partial charge in [-0.05, 0) is 43.0 Å². The van der Waals surface area contributed by atoms with Crippen molar-refractivity contribution >= 4 is 39.0 Å². The van der Waals surface area contributed by atoms with Crippen LogP contribution >= 0.6 is 11.3 Å². The van der Waals surface area contributed by atoms with Crippen LogP contribution in [0.15, 0.2) is 59.9 Å². The van der Waals surface area contributed by atoms with Crippen molar-refractivity contribution in [3.63, 3.8) is 0 Å². The summed E-state index contributed by atoms with van der Waals surface area (Å²) in [4.78, 5) is 30.0. The van der Waals surface area contributed by atoms with E-state index in [0.717, 1.165) is 35.9 Å². The molecule has 1 atom stereocenters. The third-order valence-corrected chi connectivity index (χ3v) is 7.93. The molecule has 0 amide bonds. The topological polar surface area (TPSA) is 86.3 Å². The summed E-state index contributed by atoms with van der Waals surface area (Å²) < 4.78 is 23.2. The predicted molar refractivity (Wildman–Crippen MR) is 157 cm³/mol. The summed E-state index contributed by atoms with van der Waals surface area (Å²) >= 11 is 1.69. The Morgan fingerprint density at radius 1 is 1.02 bits per heavy atom. The minimum atomic E-state index is -1.36. The highest BCUT2D eigenvalue weighted by Gasteiger charge is 2.43. The Bertz CT molecular complexity index is 1340. The second-order valence-corrected chi connectivity index (χ2v) is 11.5. The van der Waals surface area contributed by atoms with Gasteiger partial charge in [0.1, 0.15) is 17.3 Å². The lowest BCUT2D eigenvalue weighted by atomic mass is 10.1. The van der Waals surface area contributed by atoms with Crippen LogP contribution in [0.5, 0.6) is 11.5 Å². The molecule has 0 radical (unpaired) electrons. The molecule has 8 nitrogen and oxygen atoms in total. The van der Waals surface area contributed by atoms with Gasteiger partial charge in [-0.25, -0.2) is 9.59 Å². The fourth-order valence-electron chi connectivity index (χ4n) is 4.74. The molecule has 2 aromatic carbocycles. The molecule has 9 heteroatoms. The van der Waals surface area contributed by atoms with Crippen molar-refractivity contribution in [2.45, 2.75) is 71.8 Å². The molecule has 1 N–H and O–H groups in total. The molecule has 214 valence electrons. The van der Waals surface area contributed by atoms with Crippen LogP contribution in [0.2, 0.25) is 0 Å². The predicted octanol–water partition coefficient (Wildman–Crippen LogP) is 6.85. The van der Waals surface area contributed by atoms with Gasteiger partial charge in [-0.1, -0.05) is 44.4 Å². The maximum atomic E-state index is 13.4. The average molecular weight is 567 g/mol. The molecular formula is C31H38N2O6S. The summed E-state index contributed by atoms with van der Waals surface area (Å²) in [5.41, 5.74) is 0.388. The number of nitrogens with one attached hydrogen (secondary N) is 1. The van der Waals surface area contributed by atoms with Gasteiger partial charge in [-0.15, -0.1) is 11.3 Å². The van der Waals surface area contributed by atoms with E-state index >= 15 is 0 Å². The number of unbranched alkanes of at least 4 members (excludes halogenated alkanes) is 2. The van der Waals surface area contributed by atoms with Crippen LogP contribution in [-0.4, -0.2) is 42.9 Å². The number of hydrogen-bond donors (Lipinski definition) is 1. The Labute approximate surface area is 239 Å². The van der Waals surface area contributed by atoms with E-state index in [-0.39, 0.29) is 11.6 Å². The lowest BCUT2D eigenvalue weighted by Gasteiger charge is -2.37. The number of benzene rings is 2. The van der Waals surface area contributed by atoms with E-state index in [9.17, 15) is 9.59 Å². The molecule has 0 saturated carbocycles. The average Bonchev–Trinajstić information content (AvgIpc) is 3.33. The Morgan fingerprint density at radius 3 is 2.40 bits per heavy atom. The first kappa shape index (κ1) is 29.3. The third-order valence-electron chi connectivity index (χ3n) is 6.83. The van der Waals surface area contributed by atoms with E-state index in [1.165, 1.54) is 4.70 Å². The molecule has 2 heterocycles. The number of thiophene rings is 1. The number of carbonyl (C=O) groups excluding carboxylic acids is 2. The van der Waals surface area contributed by atoms with Crippen molar-refractivity contribution < 1.29 is 28.5 Å². The lowest BCUT2D eigenvalue weighted by molar-refractivity contribution is -0.222. The second-order valence-electron chi connectivity index (χ2n) is 10.3. The van der Waals surface area contributed by atoms with Crippen molar-refractivity contribution in [2.75, 3.05) is 19.5 Å². The number of carbonyl (C=O) groups is 2. The van der Waals surface area contributed by atoms with Gasteiger partial charge in [-0.2, -0.15) is 0 Å². The minimum Gasteiger partial charge on any atom is -0.497 e. The van der Waals surface area contributed by atoms with Crippen molar-refractivity contribution in [2.24, 2.45) is 0 Å². The zero-order valence-corrected chi connectivity index (χ0v) is 24.9. The fraction of sp³-hybridized carbons (Fsp3) is 0.419. The van der Waals surface area contributed by atoms with Gasteiger partial charge in [0.15, 0.2) is 5.57 Å². The zero-order valence-electron chi connectivity index (χ0n) is 24.0. The molecule has 3 aromatic rings. The Hall–Kier alpha value is -3.72. The first-order chi connectivity index (χ1) is 19.2. The Morgan fingerprint density at radius 2 is 1.75 bits per heavy atom. The monoisotopic (exact) mass is 566 g/mol. The summed E-state index contributed by atoms with van der Waals surface area (Å²) in [5.74, 6) is -1.41. The number of rotatable bonds is 12. The summed E-state index contributed by atoms with van der Waals surface area (Å²) in [7, 11) is 3.14. The molecule has 0 aliphatic carbocycles. The normalized spacial score (nSPS) is 15.3. The molecule has 1 aromatic heterocycles. The quantitative estimate of drug-likeness (QED) is 0.110. The van der Waals surface area contributed by atoms with Crippen LogP contribution < -0.4 is 14.8 Å². The summed E-state index contributed by atoms with van der Waals surface area (Å²) in [6, 6.07) is 15.7. The first-order valence-electron chi connectivity index (χ1n) is 13.6. The van der Waals surface area contributed by atoms with Crippen LogP contribution in [-0.2, 0) is 25.6 Å². The Balaban J connectivity index is 1.85. The van der Waals surface area contributed by atoms with Crippen molar-refractivity contribution in [1.29, 1.82) is 0 Å². The number of anilines is 1. The maximum Gasteiger partial charge on any atom is 0.352 e. The molecule has 1 fully saturated rings. The highest BCUT2D eigenvalue weighted by atomic mass is 32.1. The summed E-state index contributed by atoms with van der Waals surface area (Å²) in [6.07, 6.45) is 4.06. The highest BCUT2D eigenvalue weighted by Crippen LogP contribution is 2.35. The molecule has 1 aliphatic heterocycles. The van der Waals surface area contributed by atoms with Gasteiger partial charge >= 0.3 is 11.9 Å². The molecule has 1 unspecified atom stereocenters. The number of fused-ring (bicyclic) bond motifs is 1. The van der Waals surface area contributed by atoms with E-state index in [2.05, 4.69) is 42.3 Å². The van der Waals surface area contributed by atoms with Crippen LogP contribution in [0.4, 0.5) is 5.69 Å². The Kier molecular flexibility index (Phi) is 9.25. The summed E-state index contributed by atoms with van der Waals surface area (Å²) in [6.45, 7) is 7.84. The number of hydrogen-bond acceptors (Lipinski definition) is 9. The minimum absolute atomic E-state index is 0.0217. The number of nitrogens with zero attached hydrogens (tertiary/aromatic N) is 1. The smallest absolute Gasteiger partial charge is 0.352 e. The molecule has 0 bridgehead atoms. The van der Waals surface area contributed by atoms with Crippen molar-refractivity contribution in [3.05, 3.63) is 64.8 Å². The fourth-order valence-corrected chi connectivity index (χ4v) is 5.80. The number of ether oxygens (including phenoxy) is 4. The third kappa shape index (κ3) is 6.70. The van der Waals surface area contributed by atoms with Crippen LogP contribution in [0.3, 0.4) is 0 Å². The maximum absolute atomic E-state index is 13.4. The van der Waals surface area contributed by atoms with E-state index in [1.807, 2.05) is 12.1 Å². The van der Waals surface area contributed by atoms with Gasteiger partial charge in [0.25, 0.3) is 5.79 Å². The van der Waals surface area contributed by atoms with Crippen LogP contribution in [0.25, 0.3) is 10.1 Å². The largest absolute Gasteiger partial charge is 0.497 e. The van der Waals surface area contributed by atoms with Gasteiger partial charge in [0.2, 0.25) is 0 Å². The van der Waals surface area contributed by atoms with Crippen molar-refractivity contribution in [3.8, 4) is 11.5 Å². The number of methoxy groups -OCH3 is 2. The lowest BCUT2D eigenvalue weighted by Crippen LogP contribution is -2.45. The van der Waals surface area contributed by atoms with E-state index < -0.39 is 17.7 Å². The molecule has 40 heavy (non-hydrogen) atoms.